The first-order valence-electron chi connectivity index (χ1n) is 9.93. The third-order valence-corrected chi connectivity index (χ3v) is 6.44. The van der Waals surface area contributed by atoms with Crippen LogP contribution >= 0.6 is 11.7 Å². The van der Waals surface area contributed by atoms with Gasteiger partial charge in [0, 0.05) is 36.5 Å². The lowest BCUT2D eigenvalue weighted by atomic mass is 9.82. The van der Waals surface area contributed by atoms with Gasteiger partial charge in [0.25, 0.3) is 0 Å². The number of hydrogen-bond acceptors (Lipinski definition) is 7. The average Bonchev–Trinajstić information content (AvgIpc) is 3.12. The van der Waals surface area contributed by atoms with Crippen molar-refractivity contribution in [3.05, 3.63) is 47.7 Å². The number of rotatable bonds is 3. The van der Waals surface area contributed by atoms with Crippen molar-refractivity contribution in [3.63, 3.8) is 0 Å². The molecule has 2 N–H and O–H groups in total. The van der Waals surface area contributed by atoms with E-state index in [0.717, 1.165) is 50.5 Å². The highest BCUT2D eigenvalue weighted by Crippen LogP contribution is 2.56. The van der Waals surface area contributed by atoms with Gasteiger partial charge >= 0.3 is 0 Å². The number of carbonyl (C=O) groups excluding carboxylic acids is 1. The molecule has 3 aliphatic heterocycles. The lowest BCUT2D eigenvalue weighted by Crippen LogP contribution is -2.40. The number of carbonyl (C=O) groups is 1. The van der Waals surface area contributed by atoms with Gasteiger partial charge in [0.2, 0.25) is 0 Å². The van der Waals surface area contributed by atoms with Crippen LogP contribution in [0.25, 0.3) is 0 Å². The lowest BCUT2D eigenvalue weighted by molar-refractivity contribution is 0.0838. The minimum Gasteiger partial charge on any atom is -0.371 e. The van der Waals surface area contributed by atoms with Crippen molar-refractivity contribution in [3.8, 4) is 0 Å². The third kappa shape index (κ3) is 3.29. The summed E-state index contributed by atoms with van der Waals surface area (Å²) >= 11 is 1.12. The molecule has 0 aromatic carbocycles. The van der Waals surface area contributed by atoms with Crippen LogP contribution in [-0.4, -0.2) is 38.7 Å². The minimum atomic E-state index is 0.0886. The number of nitrogens with one attached hydrogen (secondary N) is 2. The molecule has 1 saturated heterocycles. The molecule has 0 bridgehead atoms. The molecule has 1 aromatic rings. The Balaban J connectivity index is 0.000000872. The van der Waals surface area contributed by atoms with E-state index in [-0.39, 0.29) is 23.3 Å². The summed E-state index contributed by atoms with van der Waals surface area (Å²) in [5.41, 5.74) is 3.27. The first kappa shape index (κ1) is 18.2. The van der Waals surface area contributed by atoms with Crippen LogP contribution in [0.1, 0.15) is 50.0 Å². The molecule has 2 unspecified atom stereocenters. The Morgan fingerprint density at radius 2 is 2.04 bits per heavy atom. The maximum absolute atomic E-state index is 13.0. The fraction of sp³-hybridized carbons (Fsp3) is 0.550. The van der Waals surface area contributed by atoms with Crippen LogP contribution in [0.3, 0.4) is 0 Å². The maximum atomic E-state index is 13.0. The van der Waals surface area contributed by atoms with Gasteiger partial charge in [-0.25, -0.2) is 0 Å². The summed E-state index contributed by atoms with van der Waals surface area (Å²) in [7, 11) is 0. The van der Waals surface area contributed by atoms with Crippen LogP contribution in [0, 0.1) is 11.3 Å². The van der Waals surface area contributed by atoms with Crippen LogP contribution in [0.2, 0.25) is 0 Å². The number of aromatic nitrogens is 2. The predicted octanol–water partition coefficient (Wildman–Crippen LogP) is 3.05. The van der Waals surface area contributed by atoms with Crippen molar-refractivity contribution < 1.29 is 4.79 Å². The van der Waals surface area contributed by atoms with Crippen molar-refractivity contribution in [2.45, 2.75) is 45.7 Å². The van der Waals surface area contributed by atoms with Gasteiger partial charge in [-0.2, -0.15) is 8.75 Å². The van der Waals surface area contributed by atoms with E-state index in [9.17, 15) is 4.79 Å². The van der Waals surface area contributed by atoms with Gasteiger partial charge in [-0.05, 0) is 49.5 Å². The Kier molecular flexibility index (Phi) is 5.04. The van der Waals surface area contributed by atoms with Crippen molar-refractivity contribution in [1.29, 1.82) is 0 Å². The Bertz CT molecular complexity index is 778. The first-order chi connectivity index (χ1) is 13.3. The molecular formula is C20H27N5OS. The van der Waals surface area contributed by atoms with E-state index in [1.807, 2.05) is 26.2 Å². The van der Waals surface area contributed by atoms with E-state index in [4.69, 9.17) is 0 Å². The Morgan fingerprint density at radius 1 is 1.26 bits per heavy atom. The zero-order valence-corrected chi connectivity index (χ0v) is 16.8. The van der Waals surface area contributed by atoms with Gasteiger partial charge in [0.15, 0.2) is 5.78 Å². The monoisotopic (exact) mass is 385 g/mol. The number of likely N-dealkylation sites (tertiary alicyclic amines) is 1. The number of Topliss-reactive ketones (excluding diaryl/α,β-unsaturated/α-hetero) is 1. The normalized spacial score (nSPS) is 27.3. The SMILES string of the molecule is CC.O=C(c1cnsn1)C1CCCN(C2=C3C=CNC3NC=C2)CC12CC2. The second-order valence-electron chi connectivity index (χ2n) is 7.41. The molecule has 4 aliphatic rings. The van der Waals surface area contributed by atoms with Crippen LogP contribution < -0.4 is 10.6 Å². The molecule has 0 radical (unpaired) electrons. The van der Waals surface area contributed by atoms with Gasteiger partial charge < -0.3 is 15.5 Å². The molecule has 6 nitrogen and oxygen atoms in total. The highest BCUT2D eigenvalue weighted by atomic mass is 32.1. The summed E-state index contributed by atoms with van der Waals surface area (Å²) in [6, 6.07) is 0. The molecule has 1 aromatic heterocycles. The number of allylic oxidation sites excluding steroid dienone is 1. The van der Waals surface area contributed by atoms with E-state index in [0.29, 0.717) is 5.69 Å². The topological polar surface area (TPSA) is 70.2 Å². The average molecular weight is 386 g/mol. The van der Waals surface area contributed by atoms with Crippen LogP contribution in [-0.2, 0) is 0 Å². The summed E-state index contributed by atoms with van der Waals surface area (Å²) in [5, 5.41) is 6.67. The summed E-state index contributed by atoms with van der Waals surface area (Å²) in [4.78, 5) is 15.5. The number of nitrogens with zero attached hydrogens (tertiary/aromatic N) is 3. The third-order valence-electron chi connectivity index (χ3n) is 5.97. The Morgan fingerprint density at radius 3 is 2.74 bits per heavy atom. The fourth-order valence-corrected chi connectivity index (χ4v) is 4.91. The Hall–Kier alpha value is -2.15. The standard InChI is InChI=1S/C18H21N5OS.C2H6/c24-16(14-10-21-25-22-14)13-2-1-9-23(11-18(13)5-6-18)15-4-8-20-17-12(15)3-7-19-17;1-2/h3-4,7-8,10,13,17,19-20H,1-2,5-6,9,11H2;1-2H3. The number of ketones is 1. The first-order valence-corrected chi connectivity index (χ1v) is 10.7. The molecule has 2 fully saturated rings. The van der Waals surface area contributed by atoms with E-state index in [2.05, 4.69) is 36.4 Å². The number of hydrogen-bond donors (Lipinski definition) is 2. The molecule has 4 heterocycles. The van der Waals surface area contributed by atoms with Gasteiger partial charge in [-0.15, -0.1) is 0 Å². The molecule has 1 saturated carbocycles. The largest absolute Gasteiger partial charge is 0.371 e. The zero-order chi connectivity index (χ0) is 18.9. The van der Waals surface area contributed by atoms with Crippen LogP contribution in [0.5, 0.6) is 0 Å². The van der Waals surface area contributed by atoms with Gasteiger partial charge in [0.1, 0.15) is 11.9 Å². The Labute approximate surface area is 164 Å². The maximum Gasteiger partial charge on any atom is 0.187 e. The molecule has 7 heteroatoms. The van der Waals surface area contributed by atoms with Crippen molar-refractivity contribution in [1.82, 2.24) is 24.3 Å². The predicted molar refractivity (Wildman–Crippen MR) is 107 cm³/mol. The molecule has 144 valence electrons. The smallest absolute Gasteiger partial charge is 0.187 e. The molecular weight excluding hydrogens is 358 g/mol. The summed E-state index contributed by atoms with van der Waals surface area (Å²) in [5.74, 6) is 0.289. The fourth-order valence-electron chi connectivity index (χ4n) is 4.49. The molecule has 5 rings (SSSR count). The van der Waals surface area contributed by atoms with E-state index < -0.39 is 0 Å². The van der Waals surface area contributed by atoms with Crippen LogP contribution in [0.15, 0.2) is 42.0 Å². The van der Waals surface area contributed by atoms with Gasteiger partial charge in [-0.1, -0.05) is 13.8 Å². The molecule has 1 spiro atoms. The second-order valence-corrected chi connectivity index (χ2v) is 7.97. The molecule has 27 heavy (non-hydrogen) atoms. The van der Waals surface area contributed by atoms with Crippen molar-refractivity contribution >= 4 is 17.5 Å². The second kappa shape index (κ2) is 7.46. The van der Waals surface area contributed by atoms with E-state index in [1.165, 1.54) is 11.3 Å². The van der Waals surface area contributed by atoms with Crippen molar-refractivity contribution in [2.24, 2.45) is 11.3 Å². The lowest BCUT2D eigenvalue weighted by Gasteiger charge is -2.33. The summed E-state index contributed by atoms with van der Waals surface area (Å²) < 4.78 is 8.20. The highest BCUT2D eigenvalue weighted by Gasteiger charge is 2.54. The van der Waals surface area contributed by atoms with Gasteiger partial charge in [-0.3, -0.25) is 4.79 Å². The van der Waals surface area contributed by atoms with Gasteiger partial charge in [0.05, 0.1) is 17.9 Å². The van der Waals surface area contributed by atoms with Crippen molar-refractivity contribution in [2.75, 3.05) is 13.1 Å². The summed E-state index contributed by atoms with van der Waals surface area (Å²) in [6.07, 6.45) is 14.4. The van der Waals surface area contributed by atoms with Crippen LogP contribution in [0.4, 0.5) is 0 Å². The molecule has 2 atom stereocenters. The highest BCUT2D eigenvalue weighted by molar-refractivity contribution is 6.99. The van der Waals surface area contributed by atoms with E-state index in [1.54, 1.807) is 6.20 Å². The molecule has 1 aliphatic carbocycles. The van der Waals surface area contributed by atoms with E-state index >= 15 is 0 Å². The minimum absolute atomic E-state index is 0.0886. The number of dihydropyridines is 1. The zero-order valence-electron chi connectivity index (χ0n) is 15.9. The number of fused-ring (bicyclic) bond motifs is 1. The quantitative estimate of drug-likeness (QED) is 0.780. The summed E-state index contributed by atoms with van der Waals surface area (Å²) in [6.45, 7) is 5.97. The molecule has 0 amide bonds.